The molecule has 0 spiro atoms. The number of thioether (sulfide) groups is 2. The van der Waals surface area contributed by atoms with Gasteiger partial charge in [-0.05, 0) is 6.07 Å². The lowest BCUT2D eigenvalue weighted by atomic mass is 10.2. The van der Waals surface area contributed by atoms with Gasteiger partial charge in [-0.1, -0.05) is 11.8 Å². The Kier molecular flexibility index (Phi) is 3.12. The van der Waals surface area contributed by atoms with Crippen LogP contribution in [0.2, 0.25) is 0 Å². The van der Waals surface area contributed by atoms with Crippen LogP contribution >= 0.6 is 23.5 Å². The minimum atomic E-state index is 0.594. The van der Waals surface area contributed by atoms with Crippen LogP contribution < -0.4 is 9.47 Å². The molecule has 2 aromatic rings. The van der Waals surface area contributed by atoms with Gasteiger partial charge in [-0.2, -0.15) is 0 Å². The summed E-state index contributed by atoms with van der Waals surface area (Å²) in [7, 11) is 0. The molecule has 0 saturated carbocycles. The Balaban J connectivity index is 1.81. The molecule has 2 aromatic heterocycles. The molecule has 0 aromatic carbocycles. The Labute approximate surface area is 123 Å². The standard InChI is InChI=1S/C12H9N4O2S2/c1-4-20-12-10(17-1)7(6-13-16-12)8-5-9-11(15-14-8)18-2-3-19-9/h5H,1-4H2. The predicted molar refractivity (Wildman–Crippen MR) is 74.3 cm³/mol. The SMILES string of the molecule is [c]1nnc2c(c1-c1cc3c(nn1)OCCS3)OCCS2. The van der Waals surface area contributed by atoms with E-state index < -0.39 is 0 Å². The van der Waals surface area contributed by atoms with Crippen LogP contribution in [0.15, 0.2) is 16.0 Å². The lowest BCUT2D eigenvalue weighted by Gasteiger charge is -2.18. The quantitative estimate of drug-likeness (QED) is 0.788. The van der Waals surface area contributed by atoms with E-state index in [4.69, 9.17) is 9.47 Å². The average molecular weight is 305 g/mol. The molecular formula is C12H9N4O2S2. The molecule has 0 amide bonds. The summed E-state index contributed by atoms with van der Waals surface area (Å²) >= 11 is 3.34. The first-order valence-corrected chi connectivity index (χ1v) is 8.06. The molecule has 20 heavy (non-hydrogen) atoms. The van der Waals surface area contributed by atoms with E-state index in [1.807, 2.05) is 6.07 Å². The van der Waals surface area contributed by atoms with Crippen LogP contribution in [-0.2, 0) is 0 Å². The monoisotopic (exact) mass is 305 g/mol. The Bertz CT molecular complexity index is 668. The summed E-state index contributed by atoms with van der Waals surface area (Å²) in [4.78, 5) is 0.990. The van der Waals surface area contributed by atoms with E-state index in [1.54, 1.807) is 23.5 Å². The second-order valence-corrected chi connectivity index (χ2v) is 6.33. The summed E-state index contributed by atoms with van der Waals surface area (Å²) in [5.74, 6) is 3.09. The van der Waals surface area contributed by atoms with Crippen molar-refractivity contribution in [2.75, 3.05) is 24.7 Å². The number of hydrogen-bond donors (Lipinski definition) is 0. The van der Waals surface area contributed by atoms with E-state index in [9.17, 15) is 0 Å². The molecule has 2 aliphatic rings. The van der Waals surface area contributed by atoms with E-state index in [2.05, 4.69) is 26.6 Å². The first-order chi connectivity index (χ1) is 9.92. The van der Waals surface area contributed by atoms with Gasteiger partial charge in [0.1, 0.15) is 11.9 Å². The molecule has 4 heterocycles. The Morgan fingerprint density at radius 2 is 1.95 bits per heavy atom. The minimum Gasteiger partial charge on any atom is -0.489 e. The zero-order valence-corrected chi connectivity index (χ0v) is 12.0. The second kappa shape index (κ2) is 5.10. The highest BCUT2D eigenvalue weighted by Gasteiger charge is 2.22. The molecule has 6 nitrogen and oxygen atoms in total. The van der Waals surface area contributed by atoms with Gasteiger partial charge in [0.25, 0.3) is 0 Å². The molecular weight excluding hydrogens is 296 g/mol. The third-order valence-corrected chi connectivity index (χ3v) is 4.74. The second-order valence-electron chi connectivity index (χ2n) is 4.11. The average Bonchev–Trinajstić information content (AvgIpc) is 2.54. The predicted octanol–water partition coefficient (Wildman–Crippen LogP) is 1.70. The summed E-state index contributed by atoms with van der Waals surface area (Å²) in [6.45, 7) is 1.32. The van der Waals surface area contributed by atoms with E-state index >= 15 is 0 Å². The van der Waals surface area contributed by atoms with Crippen molar-refractivity contribution < 1.29 is 9.47 Å². The van der Waals surface area contributed by atoms with Crippen molar-refractivity contribution in [2.45, 2.75) is 9.92 Å². The number of nitrogens with zero attached hydrogens (tertiary/aromatic N) is 4. The van der Waals surface area contributed by atoms with Crippen molar-refractivity contribution in [3.63, 3.8) is 0 Å². The zero-order valence-electron chi connectivity index (χ0n) is 10.3. The van der Waals surface area contributed by atoms with Gasteiger partial charge in [0.15, 0.2) is 10.8 Å². The summed E-state index contributed by atoms with van der Waals surface area (Å²) in [5, 5.41) is 17.1. The van der Waals surface area contributed by atoms with Gasteiger partial charge in [-0.25, -0.2) is 0 Å². The van der Waals surface area contributed by atoms with Crippen molar-refractivity contribution >= 4 is 23.5 Å². The molecule has 0 saturated heterocycles. The molecule has 0 atom stereocenters. The molecule has 0 N–H and O–H groups in total. The Morgan fingerprint density at radius 3 is 2.95 bits per heavy atom. The number of fused-ring (bicyclic) bond motifs is 2. The Morgan fingerprint density at radius 1 is 1.05 bits per heavy atom. The maximum atomic E-state index is 5.69. The van der Waals surface area contributed by atoms with Gasteiger partial charge in [-0.15, -0.1) is 32.2 Å². The van der Waals surface area contributed by atoms with Gasteiger partial charge in [0, 0.05) is 11.5 Å². The van der Waals surface area contributed by atoms with E-state index in [0.717, 1.165) is 21.4 Å². The maximum absolute atomic E-state index is 5.69. The minimum absolute atomic E-state index is 0.594. The number of hydrogen-bond acceptors (Lipinski definition) is 8. The summed E-state index contributed by atoms with van der Waals surface area (Å²) in [6, 6.07) is 1.95. The summed E-state index contributed by atoms with van der Waals surface area (Å²) < 4.78 is 11.2. The molecule has 0 bridgehead atoms. The van der Waals surface area contributed by atoms with Crippen LogP contribution in [0.3, 0.4) is 0 Å². The molecule has 1 radical (unpaired) electrons. The Hall–Kier alpha value is -1.54. The van der Waals surface area contributed by atoms with E-state index in [-0.39, 0.29) is 0 Å². The van der Waals surface area contributed by atoms with Gasteiger partial charge in [-0.3, -0.25) is 0 Å². The van der Waals surface area contributed by atoms with Crippen molar-refractivity contribution in [1.82, 2.24) is 20.4 Å². The highest BCUT2D eigenvalue weighted by molar-refractivity contribution is 7.99. The smallest absolute Gasteiger partial charge is 0.247 e. The van der Waals surface area contributed by atoms with Crippen molar-refractivity contribution in [1.29, 1.82) is 0 Å². The number of aromatic nitrogens is 4. The topological polar surface area (TPSA) is 70.0 Å². The molecule has 101 valence electrons. The first-order valence-electron chi connectivity index (χ1n) is 6.09. The molecule has 4 rings (SSSR count). The molecule has 8 heteroatoms. The fraction of sp³-hybridized carbons (Fsp3) is 0.333. The summed E-state index contributed by atoms with van der Waals surface area (Å²) in [6.07, 6.45) is 2.87. The van der Waals surface area contributed by atoms with Crippen molar-refractivity contribution in [2.24, 2.45) is 0 Å². The fourth-order valence-electron chi connectivity index (χ4n) is 1.99. The lowest BCUT2D eigenvalue weighted by Crippen LogP contribution is -2.11. The van der Waals surface area contributed by atoms with Crippen LogP contribution in [0.5, 0.6) is 11.6 Å². The van der Waals surface area contributed by atoms with Crippen molar-refractivity contribution in [3.8, 4) is 22.9 Å². The zero-order chi connectivity index (χ0) is 13.4. The van der Waals surface area contributed by atoms with E-state index in [1.165, 1.54) is 0 Å². The van der Waals surface area contributed by atoms with E-state index in [0.29, 0.717) is 36.1 Å². The lowest BCUT2D eigenvalue weighted by molar-refractivity contribution is 0.311. The largest absolute Gasteiger partial charge is 0.489 e. The van der Waals surface area contributed by atoms with Crippen LogP contribution in [-0.4, -0.2) is 45.1 Å². The highest BCUT2D eigenvalue weighted by Crippen LogP contribution is 2.40. The molecule has 0 aliphatic carbocycles. The maximum Gasteiger partial charge on any atom is 0.247 e. The van der Waals surface area contributed by atoms with Crippen LogP contribution in [0.25, 0.3) is 11.3 Å². The molecule has 0 fully saturated rings. The van der Waals surface area contributed by atoms with Gasteiger partial charge in [0.2, 0.25) is 5.88 Å². The molecule has 0 unspecified atom stereocenters. The highest BCUT2D eigenvalue weighted by atomic mass is 32.2. The van der Waals surface area contributed by atoms with Crippen LogP contribution in [0, 0.1) is 6.20 Å². The normalized spacial score (nSPS) is 16.6. The number of rotatable bonds is 1. The summed E-state index contributed by atoms with van der Waals surface area (Å²) in [5.41, 5.74) is 1.40. The van der Waals surface area contributed by atoms with Crippen LogP contribution in [0.1, 0.15) is 0 Å². The van der Waals surface area contributed by atoms with Crippen LogP contribution in [0.4, 0.5) is 0 Å². The number of ether oxygens (including phenoxy) is 2. The van der Waals surface area contributed by atoms with Gasteiger partial charge in [0.05, 0.1) is 23.7 Å². The first kappa shape index (κ1) is 12.2. The van der Waals surface area contributed by atoms with Gasteiger partial charge < -0.3 is 9.47 Å². The van der Waals surface area contributed by atoms with Gasteiger partial charge >= 0.3 is 0 Å². The van der Waals surface area contributed by atoms with Crippen molar-refractivity contribution in [3.05, 3.63) is 12.3 Å². The molecule has 2 aliphatic heterocycles. The third-order valence-electron chi connectivity index (χ3n) is 2.86. The fourth-order valence-corrected chi connectivity index (χ4v) is 3.54. The third kappa shape index (κ3) is 2.08.